The zero-order valence-corrected chi connectivity index (χ0v) is 12.5. The van der Waals surface area contributed by atoms with Crippen LogP contribution in [-0.2, 0) is 16.1 Å². The van der Waals surface area contributed by atoms with Gasteiger partial charge in [0.15, 0.2) is 0 Å². The maximum atomic E-state index is 12.6. The Morgan fingerprint density at radius 2 is 1.65 bits per heavy atom. The zero-order valence-electron chi connectivity index (χ0n) is 12.5. The van der Waals surface area contributed by atoms with E-state index in [1.807, 2.05) is 30.3 Å². The Labute approximate surface area is 133 Å². The van der Waals surface area contributed by atoms with Crippen molar-refractivity contribution in [2.24, 2.45) is 0 Å². The molecule has 2 heterocycles. The zero-order chi connectivity index (χ0) is 16.2. The second-order valence-electron chi connectivity index (χ2n) is 5.37. The molecule has 5 nitrogen and oxygen atoms in total. The number of nitrogens with zero attached hydrogens (tertiary/aromatic N) is 2. The lowest BCUT2D eigenvalue weighted by atomic mass is 10.0. The Balaban J connectivity index is 1.87. The van der Waals surface area contributed by atoms with Gasteiger partial charge in [-0.2, -0.15) is 0 Å². The molecular weight excluding hydrogens is 292 g/mol. The van der Waals surface area contributed by atoms with Gasteiger partial charge in [-0.25, -0.2) is 0 Å². The van der Waals surface area contributed by atoms with Crippen molar-refractivity contribution in [1.29, 1.82) is 0 Å². The first kappa shape index (κ1) is 15.0. The molecule has 0 bridgehead atoms. The molecule has 116 valence electrons. The van der Waals surface area contributed by atoms with E-state index in [9.17, 15) is 14.4 Å². The quantitative estimate of drug-likeness (QED) is 0.644. The molecule has 0 spiro atoms. The molecule has 1 aromatic heterocycles. The van der Waals surface area contributed by atoms with Crippen molar-refractivity contribution in [2.75, 3.05) is 0 Å². The molecule has 1 aromatic carbocycles. The molecule has 1 saturated heterocycles. The van der Waals surface area contributed by atoms with Crippen LogP contribution in [-0.4, -0.2) is 21.3 Å². The number of carbonyl (C=O) groups is 2. The molecule has 1 fully saturated rings. The first-order chi connectivity index (χ1) is 11.1. The third kappa shape index (κ3) is 3.29. The van der Waals surface area contributed by atoms with E-state index in [0.717, 1.165) is 5.56 Å². The number of likely N-dealkylation sites (tertiary alicyclic amines) is 1. The van der Waals surface area contributed by atoms with Gasteiger partial charge in [0.05, 0.1) is 6.54 Å². The summed E-state index contributed by atoms with van der Waals surface area (Å²) in [5, 5.41) is 0. The van der Waals surface area contributed by atoms with Crippen LogP contribution < -0.4 is 5.56 Å². The highest BCUT2D eigenvalue weighted by Gasteiger charge is 2.30. The maximum absolute atomic E-state index is 12.6. The van der Waals surface area contributed by atoms with Crippen LogP contribution >= 0.6 is 0 Å². The van der Waals surface area contributed by atoms with Crippen molar-refractivity contribution < 1.29 is 9.59 Å². The van der Waals surface area contributed by atoms with Gasteiger partial charge in [0, 0.05) is 30.5 Å². The summed E-state index contributed by atoms with van der Waals surface area (Å²) in [6, 6.07) is 14.2. The highest BCUT2D eigenvalue weighted by molar-refractivity contribution is 6.08. The number of carbonyl (C=O) groups excluding carboxylic acids is 2. The summed E-state index contributed by atoms with van der Waals surface area (Å²) in [6.45, 7) is 0.250. The summed E-state index contributed by atoms with van der Waals surface area (Å²) in [6.07, 6.45) is 3.74. The van der Waals surface area contributed by atoms with Crippen molar-refractivity contribution in [3.8, 4) is 0 Å². The molecule has 3 rings (SSSR count). The molecule has 5 heteroatoms. The molecular formula is C18H16N2O3. The molecule has 0 N–H and O–H groups in total. The van der Waals surface area contributed by atoms with E-state index in [1.54, 1.807) is 18.3 Å². The van der Waals surface area contributed by atoms with E-state index < -0.39 is 0 Å². The van der Waals surface area contributed by atoms with Gasteiger partial charge in [0.1, 0.15) is 0 Å². The van der Waals surface area contributed by atoms with E-state index in [4.69, 9.17) is 0 Å². The summed E-state index contributed by atoms with van der Waals surface area (Å²) in [4.78, 5) is 37.7. The summed E-state index contributed by atoms with van der Waals surface area (Å²) in [7, 11) is 0. The highest BCUT2D eigenvalue weighted by Crippen LogP contribution is 2.21. The number of aromatic nitrogens is 1. The summed E-state index contributed by atoms with van der Waals surface area (Å²) >= 11 is 0. The van der Waals surface area contributed by atoms with Gasteiger partial charge >= 0.3 is 0 Å². The lowest BCUT2D eigenvalue weighted by molar-refractivity contribution is -0.145. The topological polar surface area (TPSA) is 59.4 Å². The minimum absolute atomic E-state index is 0.184. The number of pyridine rings is 1. The first-order valence-corrected chi connectivity index (χ1v) is 7.41. The number of imide groups is 1. The second-order valence-corrected chi connectivity index (χ2v) is 5.37. The molecule has 0 radical (unpaired) electrons. The van der Waals surface area contributed by atoms with Crippen LogP contribution in [0.4, 0.5) is 0 Å². The fourth-order valence-electron chi connectivity index (χ4n) is 2.53. The van der Waals surface area contributed by atoms with Crippen LogP contribution in [0, 0.1) is 0 Å². The van der Waals surface area contributed by atoms with E-state index in [1.165, 1.54) is 21.7 Å². The molecule has 2 aromatic rings. The Kier molecular flexibility index (Phi) is 4.19. The number of benzene rings is 1. The molecule has 0 atom stereocenters. The van der Waals surface area contributed by atoms with Crippen molar-refractivity contribution in [3.05, 3.63) is 76.2 Å². The van der Waals surface area contributed by atoms with Gasteiger partial charge < -0.3 is 0 Å². The predicted octanol–water partition coefficient (Wildman–Crippen LogP) is 2.04. The fourth-order valence-corrected chi connectivity index (χ4v) is 2.53. The SMILES string of the molecule is O=C1CC/C(=C\n2ccccc2=O)C(=O)N1Cc1ccccc1. The lowest BCUT2D eigenvalue weighted by Crippen LogP contribution is -2.41. The minimum Gasteiger partial charge on any atom is -0.291 e. The fraction of sp³-hybridized carbons (Fsp3) is 0.167. The van der Waals surface area contributed by atoms with E-state index in [0.29, 0.717) is 12.0 Å². The number of hydrogen-bond acceptors (Lipinski definition) is 3. The number of piperidine rings is 1. The van der Waals surface area contributed by atoms with Crippen LogP contribution in [0.3, 0.4) is 0 Å². The lowest BCUT2D eigenvalue weighted by Gasteiger charge is -2.26. The van der Waals surface area contributed by atoms with Gasteiger partial charge in [-0.05, 0) is 18.1 Å². The summed E-state index contributed by atoms with van der Waals surface area (Å²) in [5.74, 6) is -0.516. The van der Waals surface area contributed by atoms with Crippen LogP contribution in [0.25, 0.3) is 6.20 Å². The smallest absolute Gasteiger partial charge is 0.258 e. The van der Waals surface area contributed by atoms with Crippen molar-refractivity contribution in [2.45, 2.75) is 19.4 Å². The van der Waals surface area contributed by atoms with Crippen LogP contribution in [0.5, 0.6) is 0 Å². The molecule has 1 aliphatic heterocycles. The largest absolute Gasteiger partial charge is 0.291 e. The monoisotopic (exact) mass is 308 g/mol. The van der Waals surface area contributed by atoms with Crippen molar-refractivity contribution in [1.82, 2.24) is 9.47 Å². The minimum atomic E-state index is -0.333. The average molecular weight is 308 g/mol. The van der Waals surface area contributed by atoms with E-state index >= 15 is 0 Å². The van der Waals surface area contributed by atoms with Gasteiger partial charge in [-0.3, -0.25) is 23.9 Å². The maximum Gasteiger partial charge on any atom is 0.258 e. The van der Waals surface area contributed by atoms with Gasteiger partial charge in [0.2, 0.25) is 5.91 Å². The van der Waals surface area contributed by atoms with Crippen LogP contribution in [0.15, 0.2) is 65.1 Å². The summed E-state index contributed by atoms with van der Waals surface area (Å²) in [5.41, 5.74) is 1.15. The molecule has 0 saturated carbocycles. The molecule has 1 aliphatic rings. The first-order valence-electron chi connectivity index (χ1n) is 7.41. The van der Waals surface area contributed by atoms with Gasteiger partial charge in [0.25, 0.3) is 11.5 Å². The Morgan fingerprint density at radius 1 is 0.913 bits per heavy atom. The third-order valence-corrected chi connectivity index (χ3v) is 3.76. The van der Waals surface area contributed by atoms with Crippen LogP contribution in [0.1, 0.15) is 18.4 Å². The standard InChI is InChI=1S/C18H16N2O3/c21-16-8-4-5-11-19(16)13-15-9-10-17(22)20(18(15)23)12-14-6-2-1-3-7-14/h1-8,11,13H,9-10,12H2/b15-13+. The van der Waals surface area contributed by atoms with E-state index in [2.05, 4.69) is 0 Å². The normalized spacial score (nSPS) is 16.9. The average Bonchev–Trinajstić information content (AvgIpc) is 2.57. The second kappa shape index (κ2) is 6.44. The third-order valence-electron chi connectivity index (χ3n) is 3.76. The van der Waals surface area contributed by atoms with Gasteiger partial charge in [-0.15, -0.1) is 0 Å². The predicted molar refractivity (Wildman–Crippen MR) is 86.2 cm³/mol. The Hall–Kier alpha value is -2.95. The number of hydrogen-bond donors (Lipinski definition) is 0. The van der Waals surface area contributed by atoms with Crippen molar-refractivity contribution in [3.63, 3.8) is 0 Å². The molecule has 0 unspecified atom stereocenters. The molecule has 0 aliphatic carbocycles. The molecule has 2 amide bonds. The van der Waals surface area contributed by atoms with Crippen LogP contribution in [0.2, 0.25) is 0 Å². The summed E-state index contributed by atoms with van der Waals surface area (Å²) < 4.78 is 1.36. The Morgan fingerprint density at radius 3 is 2.39 bits per heavy atom. The highest BCUT2D eigenvalue weighted by atomic mass is 16.2. The Bertz CT molecular complexity index is 821. The van der Waals surface area contributed by atoms with E-state index in [-0.39, 0.29) is 30.3 Å². The number of amides is 2. The number of rotatable bonds is 3. The molecule has 23 heavy (non-hydrogen) atoms. The van der Waals surface area contributed by atoms with Crippen molar-refractivity contribution >= 4 is 18.0 Å². The van der Waals surface area contributed by atoms with Gasteiger partial charge in [-0.1, -0.05) is 36.4 Å².